The molecule has 3 nitrogen and oxygen atoms in total. The fourth-order valence-electron chi connectivity index (χ4n) is 17.0. The van der Waals surface area contributed by atoms with Gasteiger partial charge >= 0.3 is 0 Å². The lowest BCUT2D eigenvalue weighted by atomic mass is 9.67. The number of unbranched alkanes of at least 4 members (excludes halogenated alkanes) is 9. The van der Waals surface area contributed by atoms with Crippen LogP contribution in [-0.4, -0.2) is 15.0 Å². The molecule has 16 rings (SSSR count). The van der Waals surface area contributed by atoms with Crippen LogP contribution in [0.4, 0.5) is 0 Å². The molecule has 546 valence electrons. The van der Waals surface area contributed by atoms with E-state index >= 15 is 0 Å². The van der Waals surface area contributed by atoms with E-state index in [9.17, 15) is 0 Å². The van der Waals surface area contributed by atoms with E-state index in [0.717, 1.165) is 52.6 Å². The van der Waals surface area contributed by atoms with Gasteiger partial charge in [0.25, 0.3) is 0 Å². The lowest BCUT2D eigenvalue weighted by molar-refractivity contribution is 0.667. The highest BCUT2D eigenvalue weighted by molar-refractivity contribution is 5.92. The fourth-order valence-corrected chi connectivity index (χ4v) is 17.0. The van der Waals surface area contributed by atoms with Crippen LogP contribution in [0.3, 0.4) is 0 Å². The third kappa shape index (κ3) is 16.2. The smallest absolute Gasteiger partial charge is 0.163 e. The van der Waals surface area contributed by atoms with Crippen molar-refractivity contribution in [1.29, 1.82) is 0 Å². The van der Waals surface area contributed by atoms with Gasteiger partial charge in [0, 0.05) is 17.5 Å². The van der Waals surface area contributed by atoms with E-state index < -0.39 is 5.41 Å². The predicted octanol–water partition coefficient (Wildman–Crippen LogP) is 29.2. The van der Waals surface area contributed by atoms with Crippen molar-refractivity contribution >= 4 is 0 Å². The van der Waals surface area contributed by atoms with Gasteiger partial charge in [-0.05, 0) is 238 Å². The van der Waals surface area contributed by atoms with Crippen LogP contribution in [0.5, 0.6) is 0 Å². The molecule has 0 N–H and O–H groups in total. The molecule has 14 aromatic carbocycles. The van der Waals surface area contributed by atoms with Crippen LogP contribution in [0.25, 0.3) is 123 Å². The summed E-state index contributed by atoms with van der Waals surface area (Å²) in [5.74, 6) is 1.99. The van der Waals surface area contributed by atoms with Crippen molar-refractivity contribution in [2.75, 3.05) is 0 Å². The molecular weight excluding hydrogens is 1340 g/mol. The molecule has 111 heavy (non-hydrogen) atoms. The highest BCUT2D eigenvalue weighted by atomic mass is 15.0. The number of fused-ring (bicyclic) bond motifs is 3. The summed E-state index contributed by atoms with van der Waals surface area (Å²) >= 11 is 0. The van der Waals surface area contributed by atoms with Crippen molar-refractivity contribution in [3.8, 4) is 123 Å². The third-order valence-corrected chi connectivity index (χ3v) is 23.1. The van der Waals surface area contributed by atoms with Gasteiger partial charge in [0.2, 0.25) is 0 Å². The van der Waals surface area contributed by atoms with E-state index in [1.54, 1.807) is 0 Å². The molecule has 1 atom stereocenters. The van der Waals surface area contributed by atoms with Crippen molar-refractivity contribution in [2.45, 2.75) is 136 Å². The van der Waals surface area contributed by atoms with Crippen LogP contribution < -0.4 is 0 Å². The summed E-state index contributed by atoms with van der Waals surface area (Å²) in [6, 6.07) is 125. The van der Waals surface area contributed by atoms with E-state index in [1.807, 2.05) is 0 Å². The first kappa shape index (κ1) is 73.2. The van der Waals surface area contributed by atoms with E-state index in [4.69, 9.17) is 15.0 Å². The number of aromatic nitrogens is 3. The summed E-state index contributed by atoms with van der Waals surface area (Å²) in [6.45, 7) is 9.19. The molecule has 1 aliphatic carbocycles. The fraction of sp³-hybridized carbons (Fsp3) is 0.194. The molecule has 0 bridgehead atoms. The Morgan fingerprint density at radius 2 is 0.604 bits per heavy atom. The molecule has 1 aromatic heterocycles. The molecule has 0 saturated heterocycles. The third-order valence-electron chi connectivity index (χ3n) is 23.1. The first-order valence-corrected chi connectivity index (χ1v) is 40.9. The van der Waals surface area contributed by atoms with Gasteiger partial charge < -0.3 is 0 Å². The normalized spacial score (nSPS) is 12.9. The Balaban J connectivity index is 0.800. The number of aryl methyl sites for hydroxylation is 4. The van der Waals surface area contributed by atoms with Crippen molar-refractivity contribution in [3.05, 3.63) is 390 Å². The van der Waals surface area contributed by atoms with Crippen molar-refractivity contribution in [3.63, 3.8) is 0 Å². The summed E-state index contributed by atoms with van der Waals surface area (Å²) in [6.07, 6.45) is 18.9. The van der Waals surface area contributed by atoms with Crippen molar-refractivity contribution in [1.82, 2.24) is 15.0 Å². The first-order chi connectivity index (χ1) is 54.8. The zero-order valence-corrected chi connectivity index (χ0v) is 64.9. The Bertz CT molecular complexity index is 5470. The maximum Gasteiger partial charge on any atom is 0.163 e. The zero-order valence-electron chi connectivity index (χ0n) is 64.9. The number of hydrogen-bond acceptors (Lipinski definition) is 3. The number of hydrogen-bond donors (Lipinski definition) is 0. The van der Waals surface area contributed by atoms with E-state index in [-0.39, 0.29) is 0 Å². The first-order valence-electron chi connectivity index (χ1n) is 40.9. The minimum absolute atomic E-state index is 0.473. The molecule has 0 radical (unpaired) electrons. The van der Waals surface area contributed by atoms with Crippen LogP contribution in [0.15, 0.2) is 334 Å². The van der Waals surface area contributed by atoms with Gasteiger partial charge in [0.1, 0.15) is 5.82 Å². The molecule has 1 unspecified atom stereocenters. The van der Waals surface area contributed by atoms with E-state index in [0.29, 0.717) is 23.9 Å². The largest absolute Gasteiger partial charge is 0.213 e. The summed E-state index contributed by atoms with van der Waals surface area (Å²) in [5, 5.41) is 0. The monoisotopic (exact) mass is 1440 g/mol. The lowest BCUT2D eigenvalue weighted by Gasteiger charge is -2.34. The standard InChI is InChI=1S/C108H99N3/c1-5-8-11-17-30-77-45-51-84(52-46-77)92-65-66-93(74-105-109-106(87-61-57-82(58-62-87)80-33-20-14-21-34-80)111-107(110-105)88-63-59-83(60-64-88)81-35-22-15-23-36-81)101(73-92)100-75-102-99-43-26-27-44-103(99)108(104(102)67-76(100)4,97-40-24-16-25-41-97)98-42-29-39-91(72-98)89-37-28-38-90(68-89)96-70-94(85-53-47-78(48-54-85)31-18-12-9-6-2)69-95(71-96)86-55-49-79(50-56-86)32-19-13-10-7-3/h14-16,20-29,33-73,75H,5-13,17-19,30-32,74H2,1-4H3. The van der Waals surface area contributed by atoms with Gasteiger partial charge in [-0.3, -0.25) is 0 Å². The summed E-state index contributed by atoms with van der Waals surface area (Å²) in [7, 11) is 0. The average molecular weight is 1440 g/mol. The van der Waals surface area contributed by atoms with Gasteiger partial charge in [-0.1, -0.05) is 370 Å². The molecule has 3 heteroatoms. The highest BCUT2D eigenvalue weighted by Gasteiger charge is 2.46. The van der Waals surface area contributed by atoms with Crippen LogP contribution in [0, 0.1) is 6.92 Å². The maximum absolute atomic E-state index is 5.43. The van der Waals surface area contributed by atoms with Gasteiger partial charge in [-0.15, -0.1) is 0 Å². The predicted molar refractivity (Wildman–Crippen MR) is 469 cm³/mol. The van der Waals surface area contributed by atoms with Gasteiger partial charge in [0.05, 0.1) is 5.41 Å². The Hall–Kier alpha value is -11.9. The van der Waals surface area contributed by atoms with E-state index in [1.165, 1.54) is 205 Å². The maximum atomic E-state index is 5.43. The molecule has 0 fully saturated rings. The Morgan fingerprint density at radius 3 is 1.12 bits per heavy atom. The van der Waals surface area contributed by atoms with Crippen LogP contribution in [0.2, 0.25) is 0 Å². The molecule has 1 heterocycles. The second-order valence-electron chi connectivity index (χ2n) is 30.7. The highest BCUT2D eigenvalue weighted by Crippen LogP contribution is 2.58. The minimum atomic E-state index is -0.664. The summed E-state index contributed by atoms with van der Waals surface area (Å²) in [5.41, 5.74) is 34.2. The zero-order chi connectivity index (χ0) is 75.3. The Kier molecular flexibility index (Phi) is 22.7. The molecule has 0 aliphatic heterocycles. The van der Waals surface area contributed by atoms with Gasteiger partial charge in [0.15, 0.2) is 11.6 Å². The van der Waals surface area contributed by atoms with Crippen molar-refractivity contribution in [2.24, 2.45) is 0 Å². The second-order valence-corrected chi connectivity index (χ2v) is 30.7. The lowest BCUT2D eigenvalue weighted by Crippen LogP contribution is -2.28. The summed E-state index contributed by atoms with van der Waals surface area (Å²) < 4.78 is 0. The Morgan fingerprint density at radius 1 is 0.234 bits per heavy atom. The van der Waals surface area contributed by atoms with Crippen LogP contribution in [0.1, 0.15) is 154 Å². The SMILES string of the molecule is CCCCCCc1ccc(-c2cc(-c3ccc(CCCCCC)cc3)cc(-c3cccc(-c4cccc(C5(c6ccccc6)c6ccccc6-c6cc(-c7cc(-c8ccc(CCCCCC)cc8)ccc7Cc7nc(-c8ccc(-c9ccccc9)cc8)nc(-c8ccc(-c9ccccc9)cc8)n7)c(C)cc65)c4)c3)c2)cc1. The van der Waals surface area contributed by atoms with Crippen LogP contribution in [-0.2, 0) is 31.1 Å². The molecule has 0 amide bonds. The van der Waals surface area contributed by atoms with Crippen LogP contribution >= 0.6 is 0 Å². The molecule has 0 saturated carbocycles. The number of benzene rings is 14. The molecule has 15 aromatic rings. The number of nitrogens with zero attached hydrogens (tertiary/aromatic N) is 3. The topological polar surface area (TPSA) is 38.7 Å². The van der Waals surface area contributed by atoms with E-state index in [2.05, 4.69) is 361 Å². The van der Waals surface area contributed by atoms with Crippen molar-refractivity contribution < 1.29 is 0 Å². The average Bonchev–Trinajstić information content (AvgIpc) is 1.57. The second kappa shape index (κ2) is 34.3. The Labute approximate surface area is 659 Å². The quantitative estimate of drug-likeness (QED) is 0.0439. The summed E-state index contributed by atoms with van der Waals surface area (Å²) in [4.78, 5) is 16.2. The van der Waals surface area contributed by atoms with Gasteiger partial charge in [-0.2, -0.15) is 0 Å². The van der Waals surface area contributed by atoms with Gasteiger partial charge in [-0.25, -0.2) is 15.0 Å². The molecule has 1 aliphatic rings. The molecule has 0 spiro atoms. The minimum Gasteiger partial charge on any atom is -0.213 e. The number of rotatable bonds is 29. The molecular formula is C108H99N3.